The van der Waals surface area contributed by atoms with Gasteiger partial charge in [0.1, 0.15) is 0 Å². The summed E-state index contributed by atoms with van der Waals surface area (Å²) in [5.74, 6) is -3.27. The van der Waals surface area contributed by atoms with Crippen LogP contribution in [-0.4, -0.2) is 22.2 Å². The first-order valence-electron chi connectivity index (χ1n) is 7.05. The van der Waals surface area contributed by atoms with Gasteiger partial charge in [-0.2, -0.15) is 0 Å². The van der Waals surface area contributed by atoms with Gasteiger partial charge in [-0.15, -0.1) is 0 Å². The Morgan fingerprint density at radius 3 is 2.20 bits per heavy atom. The van der Waals surface area contributed by atoms with E-state index in [-0.39, 0.29) is 12.3 Å². The first-order chi connectivity index (χ1) is 9.27. The van der Waals surface area contributed by atoms with Crippen molar-refractivity contribution in [2.75, 3.05) is 0 Å². The van der Waals surface area contributed by atoms with Gasteiger partial charge in [0, 0.05) is 0 Å². The lowest BCUT2D eigenvalue weighted by molar-refractivity contribution is -0.149. The molecule has 0 radical (unpaired) electrons. The molecule has 0 fully saturated rings. The van der Waals surface area contributed by atoms with E-state index in [4.69, 9.17) is 10.2 Å². The first-order valence-corrected chi connectivity index (χ1v) is 7.05. The molecule has 4 nitrogen and oxygen atoms in total. The van der Waals surface area contributed by atoms with Crippen molar-refractivity contribution in [1.82, 2.24) is 0 Å². The molecule has 0 aromatic rings. The molecule has 4 heteroatoms. The van der Waals surface area contributed by atoms with Crippen LogP contribution in [0.5, 0.6) is 0 Å². The zero-order valence-corrected chi connectivity index (χ0v) is 12.8. The van der Waals surface area contributed by atoms with Crippen LogP contribution in [-0.2, 0) is 9.59 Å². The van der Waals surface area contributed by atoms with Crippen LogP contribution >= 0.6 is 0 Å². The predicted molar refractivity (Wildman–Crippen MR) is 79.6 cm³/mol. The largest absolute Gasteiger partial charge is 0.481 e. The number of hydrogen-bond donors (Lipinski definition) is 2. The zero-order chi connectivity index (χ0) is 15.7. The Labute approximate surface area is 121 Å². The Morgan fingerprint density at radius 2 is 1.75 bits per heavy atom. The Morgan fingerprint density at radius 1 is 1.15 bits per heavy atom. The van der Waals surface area contributed by atoms with Crippen LogP contribution in [0.4, 0.5) is 0 Å². The monoisotopic (exact) mass is 282 g/mol. The van der Waals surface area contributed by atoms with E-state index in [9.17, 15) is 9.59 Å². The maximum absolute atomic E-state index is 11.1. The van der Waals surface area contributed by atoms with Crippen molar-refractivity contribution in [3.63, 3.8) is 0 Å². The van der Waals surface area contributed by atoms with Crippen molar-refractivity contribution >= 4 is 11.9 Å². The molecule has 0 amide bonds. The molecule has 0 aliphatic heterocycles. The Bertz CT molecular complexity index is 393. The lowest BCUT2D eigenvalue weighted by Gasteiger charge is -2.16. The number of rotatable bonds is 9. The summed E-state index contributed by atoms with van der Waals surface area (Å²) >= 11 is 0. The molecule has 2 unspecified atom stereocenters. The summed E-state index contributed by atoms with van der Waals surface area (Å²) in [4.78, 5) is 21.8. The maximum Gasteiger partial charge on any atom is 0.307 e. The maximum atomic E-state index is 11.1. The third-order valence-electron chi connectivity index (χ3n) is 3.48. The third kappa shape index (κ3) is 7.77. The quantitative estimate of drug-likeness (QED) is 0.629. The lowest BCUT2D eigenvalue weighted by atomic mass is 9.89. The van der Waals surface area contributed by atoms with E-state index >= 15 is 0 Å². The topological polar surface area (TPSA) is 74.6 Å². The fourth-order valence-corrected chi connectivity index (χ4v) is 2.03. The van der Waals surface area contributed by atoms with Crippen molar-refractivity contribution in [2.45, 2.75) is 53.4 Å². The van der Waals surface area contributed by atoms with Crippen LogP contribution in [0, 0.1) is 11.8 Å². The lowest BCUT2D eigenvalue weighted by Crippen LogP contribution is -2.23. The molecule has 0 aliphatic rings. The van der Waals surface area contributed by atoms with Crippen molar-refractivity contribution in [2.24, 2.45) is 11.8 Å². The minimum Gasteiger partial charge on any atom is -0.481 e. The van der Waals surface area contributed by atoms with E-state index in [1.165, 1.54) is 5.57 Å². The number of hydrogen-bond acceptors (Lipinski definition) is 2. The van der Waals surface area contributed by atoms with E-state index in [1.54, 1.807) is 6.92 Å². The SMILES string of the molecule is CC/C(C)=C/CC/C(C)=C/C(C)C(CC(=O)O)C(=O)O. The molecule has 0 saturated carbocycles. The molecular weight excluding hydrogens is 256 g/mol. The second kappa shape index (κ2) is 9.34. The average Bonchev–Trinajstić information content (AvgIpc) is 2.34. The second-order valence-corrected chi connectivity index (χ2v) is 5.36. The Hall–Kier alpha value is -1.58. The van der Waals surface area contributed by atoms with Gasteiger partial charge in [0.2, 0.25) is 0 Å². The molecule has 2 N–H and O–H groups in total. The van der Waals surface area contributed by atoms with Crippen molar-refractivity contribution in [3.8, 4) is 0 Å². The average molecular weight is 282 g/mol. The molecular formula is C16H26O4. The minimum absolute atomic E-state index is 0.278. The molecule has 20 heavy (non-hydrogen) atoms. The molecule has 0 aromatic heterocycles. The van der Waals surface area contributed by atoms with Crippen molar-refractivity contribution in [1.29, 1.82) is 0 Å². The number of allylic oxidation sites excluding steroid dienone is 4. The second-order valence-electron chi connectivity index (χ2n) is 5.36. The molecule has 0 heterocycles. The van der Waals surface area contributed by atoms with Crippen LogP contribution in [0.2, 0.25) is 0 Å². The van der Waals surface area contributed by atoms with E-state index in [0.29, 0.717) is 0 Å². The normalized spacial score (nSPS) is 15.8. The van der Waals surface area contributed by atoms with Crippen molar-refractivity contribution in [3.05, 3.63) is 23.3 Å². The van der Waals surface area contributed by atoms with Gasteiger partial charge >= 0.3 is 11.9 Å². The molecule has 0 saturated heterocycles. The van der Waals surface area contributed by atoms with Crippen LogP contribution in [0.3, 0.4) is 0 Å². The van der Waals surface area contributed by atoms with Gasteiger partial charge < -0.3 is 10.2 Å². The third-order valence-corrected chi connectivity index (χ3v) is 3.48. The fourth-order valence-electron chi connectivity index (χ4n) is 2.03. The standard InChI is InChI=1S/C16H26O4/c1-5-11(2)7-6-8-12(3)9-13(4)14(16(19)20)10-15(17)18/h7,9,13-14H,5-6,8,10H2,1-4H3,(H,17,18)(H,19,20)/b11-7+,12-9+. The first kappa shape index (κ1) is 18.4. The Kier molecular flexibility index (Phi) is 8.61. The van der Waals surface area contributed by atoms with Gasteiger partial charge in [-0.1, -0.05) is 37.1 Å². The van der Waals surface area contributed by atoms with Gasteiger partial charge in [-0.05, 0) is 39.0 Å². The molecule has 114 valence electrons. The number of carboxylic acids is 2. The summed E-state index contributed by atoms with van der Waals surface area (Å²) in [6.45, 7) is 7.93. The summed E-state index contributed by atoms with van der Waals surface area (Å²) in [5.41, 5.74) is 2.45. The minimum atomic E-state index is -1.07. The number of carboxylic acid groups (broad SMARTS) is 2. The van der Waals surface area contributed by atoms with E-state index in [2.05, 4.69) is 19.9 Å². The van der Waals surface area contributed by atoms with Crippen LogP contribution in [0.15, 0.2) is 23.3 Å². The molecule has 0 bridgehead atoms. The van der Waals surface area contributed by atoms with Gasteiger partial charge in [0.05, 0.1) is 12.3 Å². The summed E-state index contributed by atoms with van der Waals surface area (Å²) in [6.07, 6.45) is 6.59. The van der Waals surface area contributed by atoms with E-state index in [0.717, 1.165) is 24.8 Å². The Balaban J connectivity index is 4.58. The van der Waals surface area contributed by atoms with Gasteiger partial charge in [-0.3, -0.25) is 9.59 Å². The fraction of sp³-hybridized carbons (Fsp3) is 0.625. The summed E-state index contributed by atoms with van der Waals surface area (Å²) < 4.78 is 0. The van der Waals surface area contributed by atoms with Crippen molar-refractivity contribution < 1.29 is 19.8 Å². The van der Waals surface area contributed by atoms with Gasteiger partial charge in [0.15, 0.2) is 0 Å². The highest BCUT2D eigenvalue weighted by Crippen LogP contribution is 2.21. The van der Waals surface area contributed by atoms with Crippen LogP contribution in [0.25, 0.3) is 0 Å². The zero-order valence-electron chi connectivity index (χ0n) is 12.8. The van der Waals surface area contributed by atoms with Crippen LogP contribution < -0.4 is 0 Å². The highest BCUT2D eigenvalue weighted by Gasteiger charge is 2.25. The highest BCUT2D eigenvalue weighted by atomic mass is 16.4. The number of carbonyl (C=O) groups is 2. The van der Waals surface area contributed by atoms with Crippen LogP contribution in [0.1, 0.15) is 53.4 Å². The molecule has 0 spiro atoms. The summed E-state index contributed by atoms with van der Waals surface area (Å²) in [7, 11) is 0. The summed E-state index contributed by atoms with van der Waals surface area (Å²) in [5, 5.41) is 17.8. The molecule has 0 rings (SSSR count). The smallest absolute Gasteiger partial charge is 0.307 e. The molecule has 0 aromatic carbocycles. The molecule has 0 aliphatic carbocycles. The van der Waals surface area contributed by atoms with E-state index < -0.39 is 17.9 Å². The van der Waals surface area contributed by atoms with E-state index in [1.807, 2.05) is 13.0 Å². The highest BCUT2D eigenvalue weighted by molar-refractivity contribution is 5.78. The number of aliphatic carboxylic acids is 2. The van der Waals surface area contributed by atoms with Gasteiger partial charge in [-0.25, -0.2) is 0 Å². The summed E-state index contributed by atoms with van der Waals surface area (Å²) in [6, 6.07) is 0. The predicted octanol–water partition coefficient (Wildman–Crippen LogP) is 3.88. The van der Waals surface area contributed by atoms with Gasteiger partial charge in [0.25, 0.3) is 0 Å². The molecule has 2 atom stereocenters.